The van der Waals surface area contributed by atoms with E-state index in [-0.39, 0.29) is 24.2 Å². The molecule has 3 atom stereocenters. The van der Waals surface area contributed by atoms with Gasteiger partial charge in [-0.05, 0) is 58.1 Å². The van der Waals surface area contributed by atoms with Gasteiger partial charge in [-0.1, -0.05) is 86.8 Å². The second kappa shape index (κ2) is 16.9. The normalized spacial score (nSPS) is 14.4. The number of hydrogen-bond donors (Lipinski definition) is 0. The van der Waals surface area contributed by atoms with Crippen LogP contribution in [0.2, 0.25) is 0 Å². The van der Waals surface area contributed by atoms with Crippen LogP contribution < -0.4 is 0 Å². The maximum Gasteiger partial charge on any atom is 0.307 e. The summed E-state index contributed by atoms with van der Waals surface area (Å²) < 4.78 is 12.3. The molecule has 0 aliphatic heterocycles. The molecule has 0 bridgehead atoms. The lowest BCUT2D eigenvalue weighted by molar-refractivity contribution is -0.157. The average Bonchev–Trinajstić information content (AvgIpc) is 2.87. The number of ether oxygens (including phenoxy) is 2. The van der Waals surface area contributed by atoms with E-state index < -0.39 is 5.60 Å². The summed E-state index contributed by atoms with van der Waals surface area (Å²) in [5.74, 6) is 0.422. The maximum absolute atomic E-state index is 13.1. The Morgan fingerprint density at radius 1 is 0.973 bits per heavy atom. The predicted octanol–water partition coefficient (Wildman–Crippen LogP) is 8.33. The molecule has 0 radical (unpaired) electrons. The zero-order valence-electron chi connectivity index (χ0n) is 23.6. The van der Waals surface area contributed by atoms with Gasteiger partial charge in [-0.25, -0.2) is 0 Å². The molecule has 206 valence electrons. The van der Waals surface area contributed by atoms with Gasteiger partial charge >= 0.3 is 5.97 Å². The van der Waals surface area contributed by atoms with Crippen LogP contribution in [0.15, 0.2) is 60.7 Å². The third-order valence-corrected chi connectivity index (χ3v) is 6.88. The number of hydrogen-bond acceptors (Lipinski definition) is 4. The fourth-order valence-electron chi connectivity index (χ4n) is 4.75. The topological polar surface area (TPSA) is 38.8 Å². The fourth-order valence-corrected chi connectivity index (χ4v) is 4.87. The van der Waals surface area contributed by atoms with Crippen molar-refractivity contribution in [1.82, 2.24) is 4.90 Å². The van der Waals surface area contributed by atoms with Gasteiger partial charge in [0.2, 0.25) is 0 Å². The van der Waals surface area contributed by atoms with Crippen LogP contribution in [0.5, 0.6) is 0 Å². The predicted molar refractivity (Wildman–Crippen MR) is 155 cm³/mol. The molecule has 0 spiro atoms. The number of unbranched alkanes of at least 4 members (excludes halogenated alkanes) is 2. The first-order chi connectivity index (χ1) is 17.7. The van der Waals surface area contributed by atoms with E-state index in [1.165, 1.54) is 24.0 Å². The molecule has 4 nitrogen and oxygen atoms in total. The summed E-state index contributed by atoms with van der Waals surface area (Å²) in [5, 5.41) is 0. The SMILES string of the molecule is CCCCC[C@H](C[C@@H](CC(=O)OC(C)(C)C)N(CCCCl)[C@@H](C)c1ccccc1)OCc1ccccc1. The van der Waals surface area contributed by atoms with Gasteiger partial charge < -0.3 is 9.47 Å². The molecule has 0 fully saturated rings. The third kappa shape index (κ3) is 12.5. The van der Waals surface area contributed by atoms with Crippen LogP contribution in [0.1, 0.15) is 96.7 Å². The Morgan fingerprint density at radius 2 is 1.62 bits per heavy atom. The van der Waals surface area contributed by atoms with Gasteiger partial charge in [-0.2, -0.15) is 0 Å². The smallest absolute Gasteiger partial charge is 0.307 e. The Balaban J connectivity index is 2.31. The van der Waals surface area contributed by atoms with Gasteiger partial charge in [-0.15, -0.1) is 11.6 Å². The quantitative estimate of drug-likeness (QED) is 0.117. The number of rotatable bonds is 17. The van der Waals surface area contributed by atoms with Crippen LogP contribution in [-0.4, -0.2) is 41.0 Å². The largest absolute Gasteiger partial charge is 0.460 e. The second-order valence-corrected chi connectivity index (χ2v) is 11.3. The number of carbonyl (C=O) groups is 1. The number of nitrogens with zero attached hydrogens (tertiary/aromatic N) is 1. The van der Waals surface area contributed by atoms with Crippen molar-refractivity contribution in [2.24, 2.45) is 0 Å². The molecule has 2 rings (SSSR count). The van der Waals surface area contributed by atoms with E-state index in [0.717, 1.165) is 32.2 Å². The first-order valence-corrected chi connectivity index (χ1v) is 14.5. The van der Waals surface area contributed by atoms with Crippen LogP contribution in [0.25, 0.3) is 0 Å². The highest BCUT2D eigenvalue weighted by atomic mass is 35.5. The lowest BCUT2D eigenvalue weighted by Gasteiger charge is -2.38. The number of esters is 1. The zero-order chi connectivity index (χ0) is 27.1. The van der Waals surface area contributed by atoms with E-state index in [4.69, 9.17) is 21.1 Å². The average molecular weight is 530 g/mol. The maximum atomic E-state index is 13.1. The van der Waals surface area contributed by atoms with Crippen molar-refractivity contribution in [3.8, 4) is 0 Å². The van der Waals surface area contributed by atoms with Crippen LogP contribution in [0.4, 0.5) is 0 Å². The minimum Gasteiger partial charge on any atom is -0.460 e. The van der Waals surface area contributed by atoms with Gasteiger partial charge in [0.25, 0.3) is 0 Å². The van der Waals surface area contributed by atoms with Crippen molar-refractivity contribution in [2.75, 3.05) is 12.4 Å². The second-order valence-electron chi connectivity index (χ2n) is 11.0. The molecule has 0 saturated heterocycles. The standard InChI is InChI=1S/C32H48ClNO3/c1-6-7-10-20-30(36-25-27-16-11-8-12-17-27)23-29(24-31(35)37-32(3,4)5)34(22-15-21-33)26(2)28-18-13-9-14-19-28/h8-9,11-14,16-19,26,29-30H,6-7,10,15,20-25H2,1-5H3/t26-,29-,30+/m0/s1. The summed E-state index contributed by atoms with van der Waals surface area (Å²) in [6, 6.07) is 21.0. The highest BCUT2D eigenvalue weighted by Gasteiger charge is 2.31. The summed E-state index contributed by atoms with van der Waals surface area (Å²) in [4.78, 5) is 15.6. The minimum absolute atomic E-state index is 0.0179. The highest BCUT2D eigenvalue weighted by Crippen LogP contribution is 2.29. The lowest BCUT2D eigenvalue weighted by atomic mass is 9.96. The van der Waals surface area contributed by atoms with E-state index in [2.05, 4.69) is 55.1 Å². The molecule has 0 amide bonds. The Hall–Kier alpha value is -1.88. The first-order valence-electron chi connectivity index (χ1n) is 14.0. The number of halogens is 1. The Morgan fingerprint density at radius 3 is 2.22 bits per heavy atom. The number of carbonyl (C=O) groups excluding carboxylic acids is 1. The van der Waals surface area contributed by atoms with Crippen LogP contribution in [0, 0.1) is 0 Å². The molecule has 5 heteroatoms. The van der Waals surface area contributed by atoms with E-state index in [1.807, 2.05) is 45.0 Å². The monoisotopic (exact) mass is 529 g/mol. The molecule has 0 aromatic heterocycles. The van der Waals surface area contributed by atoms with Gasteiger partial charge in [0.1, 0.15) is 5.60 Å². The summed E-state index contributed by atoms with van der Waals surface area (Å²) >= 11 is 6.16. The Bertz CT molecular complexity index is 869. The molecule has 0 unspecified atom stereocenters. The molecule has 0 N–H and O–H groups in total. The fraction of sp³-hybridized carbons (Fsp3) is 0.594. The van der Waals surface area contributed by atoms with E-state index >= 15 is 0 Å². The van der Waals surface area contributed by atoms with Crippen LogP contribution in [-0.2, 0) is 20.9 Å². The van der Waals surface area contributed by atoms with E-state index in [9.17, 15) is 4.79 Å². The summed E-state index contributed by atoms with van der Waals surface area (Å²) in [7, 11) is 0. The summed E-state index contributed by atoms with van der Waals surface area (Å²) in [5.41, 5.74) is 1.89. The minimum atomic E-state index is -0.516. The lowest BCUT2D eigenvalue weighted by Crippen LogP contribution is -2.43. The summed E-state index contributed by atoms with van der Waals surface area (Å²) in [6.45, 7) is 11.6. The van der Waals surface area contributed by atoms with Crippen molar-refractivity contribution in [3.05, 3.63) is 71.8 Å². The van der Waals surface area contributed by atoms with E-state index in [0.29, 0.717) is 18.9 Å². The van der Waals surface area contributed by atoms with Gasteiger partial charge in [0.15, 0.2) is 0 Å². The van der Waals surface area contributed by atoms with E-state index in [1.54, 1.807) is 0 Å². The van der Waals surface area contributed by atoms with Crippen molar-refractivity contribution < 1.29 is 14.3 Å². The first kappa shape index (κ1) is 31.3. The molecule has 37 heavy (non-hydrogen) atoms. The van der Waals surface area contributed by atoms with Crippen molar-refractivity contribution in [3.63, 3.8) is 0 Å². The van der Waals surface area contributed by atoms with Crippen molar-refractivity contribution in [2.45, 2.75) is 110 Å². The van der Waals surface area contributed by atoms with Gasteiger partial charge in [0.05, 0.1) is 19.1 Å². The van der Waals surface area contributed by atoms with Crippen molar-refractivity contribution >= 4 is 17.6 Å². The Kier molecular flexibility index (Phi) is 14.3. The molecular formula is C32H48ClNO3. The Labute approximate surface area is 230 Å². The molecule has 0 heterocycles. The highest BCUT2D eigenvalue weighted by molar-refractivity contribution is 6.17. The van der Waals surface area contributed by atoms with Crippen LogP contribution in [0.3, 0.4) is 0 Å². The van der Waals surface area contributed by atoms with Crippen molar-refractivity contribution in [1.29, 1.82) is 0 Å². The van der Waals surface area contributed by atoms with Gasteiger partial charge in [-0.3, -0.25) is 9.69 Å². The zero-order valence-corrected chi connectivity index (χ0v) is 24.4. The summed E-state index contributed by atoms with van der Waals surface area (Å²) in [6.07, 6.45) is 6.46. The molecule has 2 aromatic carbocycles. The molecule has 0 aliphatic carbocycles. The number of benzene rings is 2. The molecular weight excluding hydrogens is 482 g/mol. The molecule has 0 aliphatic rings. The van der Waals surface area contributed by atoms with Crippen LogP contribution >= 0.6 is 11.6 Å². The third-order valence-electron chi connectivity index (χ3n) is 6.61. The number of alkyl halides is 1. The molecule has 2 aromatic rings. The molecule has 0 saturated carbocycles. The van der Waals surface area contributed by atoms with Gasteiger partial charge in [0, 0.05) is 24.5 Å².